The summed E-state index contributed by atoms with van der Waals surface area (Å²) in [5.74, 6) is 0.490. The average molecular weight is 234 g/mol. The highest BCUT2D eigenvalue weighted by atomic mass is 32.2. The van der Waals surface area contributed by atoms with E-state index in [1.54, 1.807) is 0 Å². The average Bonchev–Trinajstić information content (AvgIpc) is 2.14. The Balaban J connectivity index is 2.08. The van der Waals surface area contributed by atoms with E-state index in [0.717, 1.165) is 12.8 Å². The van der Waals surface area contributed by atoms with Crippen LogP contribution >= 0.6 is 0 Å². The molecule has 0 amide bonds. The summed E-state index contributed by atoms with van der Waals surface area (Å²) in [6.07, 6.45) is 4.72. The molecule has 0 aliphatic heterocycles. The Bertz CT molecular complexity index is 297. The minimum Gasteiger partial charge on any atom is -0.378 e. The number of carbonyl (C=O) groups is 1. The van der Waals surface area contributed by atoms with E-state index in [1.807, 2.05) is 0 Å². The Hall–Kier alpha value is -0.420. The standard InChI is InChI=1S/C10H18O4S/c1-15(12,13)8-2-7-14-10-5-3-9(11)4-6-10/h10H,2-8H2,1H3. The third kappa shape index (κ3) is 5.89. The fraction of sp³-hybridized carbons (Fsp3) is 0.900. The van der Waals surface area contributed by atoms with Gasteiger partial charge in [-0.25, -0.2) is 8.42 Å². The molecule has 1 saturated carbocycles. The van der Waals surface area contributed by atoms with Crippen LogP contribution in [0.5, 0.6) is 0 Å². The zero-order valence-corrected chi connectivity index (χ0v) is 9.88. The molecular weight excluding hydrogens is 216 g/mol. The molecule has 4 nitrogen and oxygen atoms in total. The van der Waals surface area contributed by atoms with Gasteiger partial charge in [-0.1, -0.05) is 0 Å². The number of ether oxygens (including phenoxy) is 1. The lowest BCUT2D eigenvalue weighted by molar-refractivity contribution is -0.122. The number of hydrogen-bond donors (Lipinski definition) is 0. The zero-order valence-electron chi connectivity index (χ0n) is 9.07. The van der Waals surface area contributed by atoms with Crippen molar-refractivity contribution in [2.75, 3.05) is 18.6 Å². The van der Waals surface area contributed by atoms with Gasteiger partial charge < -0.3 is 4.74 Å². The minimum absolute atomic E-state index is 0.155. The molecule has 0 heterocycles. The molecule has 1 aliphatic rings. The fourth-order valence-corrected chi connectivity index (χ4v) is 2.29. The number of ketones is 1. The van der Waals surface area contributed by atoms with Crippen LogP contribution in [0.1, 0.15) is 32.1 Å². The van der Waals surface area contributed by atoms with Crippen molar-refractivity contribution >= 4 is 15.6 Å². The first-order chi connectivity index (χ1) is 6.97. The summed E-state index contributed by atoms with van der Waals surface area (Å²) in [7, 11) is -2.87. The number of sulfone groups is 1. The molecule has 0 aromatic heterocycles. The minimum atomic E-state index is -2.87. The molecule has 1 aliphatic carbocycles. The lowest BCUT2D eigenvalue weighted by Crippen LogP contribution is -2.22. The highest BCUT2D eigenvalue weighted by Crippen LogP contribution is 2.17. The number of rotatable bonds is 5. The molecular formula is C10H18O4S. The second kappa shape index (κ2) is 5.61. The summed E-state index contributed by atoms with van der Waals surface area (Å²) >= 11 is 0. The molecule has 5 heteroatoms. The molecule has 0 bridgehead atoms. The highest BCUT2D eigenvalue weighted by molar-refractivity contribution is 7.90. The van der Waals surface area contributed by atoms with Crippen molar-refractivity contribution in [2.24, 2.45) is 0 Å². The Morgan fingerprint density at radius 3 is 2.47 bits per heavy atom. The summed E-state index contributed by atoms with van der Waals surface area (Å²) in [5, 5.41) is 0. The van der Waals surface area contributed by atoms with Crippen LogP contribution in [-0.2, 0) is 19.4 Å². The quantitative estimate of drug-likeness (QED) is 0.664. The molecule has 88 valence electrons. The van der Waals surface area contributed by atoms with Gasteiger partial charge in [0, 0.05) is 25.7 Å². The molecule has 0 aromatic carbocycles. The molecule has 0 aromatic rings. The van der Waals surface area contributed by atoms with Gasteiger partial charge in [-0.3, -0.25) is 4.79 Å². The van der Waals surface area contributed by atoms with E-state index < -0.39 is 9.84 Å². The summed E-state index contributed by atoms with van der Waals surface area (Å²) in [4.78, 5) is 10.9. The van der Waals surface area contributed by atoms with Crippen LogP contribution in [0.25, 0.3) is 0 Å². The zero-order chi connectivity index (χ0) is 11.3. The van der Waals surface area contributed by atoms with E-state index in [4.69, 9.17) is 4.74 Å². The van der Waals surface area contributed by atoms with Gasteiger partial charge in [-0.2, -0.15) is 0 Å². The second-order valence-electron chi connectivity index (χ2n) is 4.09. The highest BCUT2D eigenvalue weighted by Gasteiger charge is 2.18. The summed E-state index contributed by atoms with van der Waals surface area (Å²) in [6.45, 7) is 0.478. The second-order valence-corrected chi connectivity index (χ2v) is 6.35. The van der Waals surface area contributed by atoms with Gasteiger partial charge in [-0.15, -0.1) is 0 Å². The topological polar surface area (TPSA) is 60.4 Å². The van der Waals surface area contributed by atoms with Gasteiger partial charge in [0.25, 0.3) is 0 Å². The third-order valence-corrected chi connectivity index (χ3v) is 3.53. The molecule has 0 radical (unpaired) electrons. The maximum Gasteiger partial charge on any atom is 0.147 e. The van der Waals surface area contributed by atoms with Gasteiger partial charge >= 0.3 is 0 Å². The Morgan fingerprint density at radius 1 is 1.33 bits per heavy atom. The summed E-state index contributed by atoms with van der Waals surface area (Å²) in [5.41, 5.74) is 0. The Morgan fingerprint density at radius 2 is 1.93 bits per heavy atom. The van der Waals surface area contributed by atoms with Crippen LogP contribution in [0.2, 0.25) is 0 Å². The first-order valence-electron chi connectivity index (χ1n) is 5.28. The van der Waals surface area contributed by atoms with Crippen LogP contribution in [0, 0.1) is 0 Å². The normalized spacial score (nSPS) is 19.4. The molecule has 1 fully saturated rings. The van der Waals surface area contributed by atoms with Crippen molar-refractivity contribution in [3.63, 3.8) is 0 Å². The predicted molar refractivity (Wildman–Crippen MR) is 57.5 cm³/mol. The molecule has 1 rings (SSSR count). The van der Waals surface area contributed by atoms with Crippen molar-refractivity contribution in [3.05, 3.63) is 0 Å². The SMILES string of the molecule is CS(=O)(=O)CCCOC1CCC(=O)CC1. The van der Waals surface area contributed by atoms with Crippen LogP contribution in [0.4, 0.5) is 0 Å². The van der Waals surface area contributed by atoms with Crippen molar-refractivity contribution in [3.8, 4) is 0 Å². The Kier molecular flexibility index (Phi) is 4.73. The number of carbonyl (C=O) groups excluding carboxylic acids is 1. The van der Waals surface area contributed by atoms with Gasteiger partial charge in [0.15, 0.2) is 0 Å². The largest absolute Gasteiger partial charge is 0.378 e. The van der Waals surface area contributed by atoms with Crippen LogP contribution in [0.15, 0.2) is 0 Å². The van der Waals surface area contributed by atoms with Gasteiger partial charge in [-0.05, 0) is 19.3 Å². The van der Waals surface area contributed by atoms with E-state index in [1.165, 1.54) is 6.26 Å². The van der Waals surface area contributed by atoms with Crippen LogP contribution < -0.4 is 0 Å². The molecule has 15 heavy (non-hydrogen) atoms. The fourth-order valence-electron chi connectivity index (χ4n) is 1.65. The number of hydrogen-bond acceptors (Lipinski definition) is 4. The molecule has 0 N–H and O–H groups in total. The van der Waals surface area contributed by atoms with Crippen molar-refractivity contribution < 1.29 is 17.9 Å². The van der Waals surface area contributed by atoms with E-state index in [-0.39, 0.29) is 11.9 Å². The smallest absolute Gasteiger partial charge is 0.147 e. The van der Waals surface area contributed by atoms with Gasteiger partial charge in [0.2, 0.25) is 0 Å². The van der Waals surface area contributed by atoms with Crippen LogP contribution in [0.3, 0.4) is 0 Å². The van der Waals surface area contributed by atoms with Crippen molar-refractivity contribution in [1.82, 2.24) is 0 Å². The third-order valence-electron chi connectivity index (χ3n) is 2.50. The lowest BCUT2D eigenvalue weighted by Gasteiger charge is -2.21. The molecule has 0 unspecified atom stereocenters. The van der Waals surface area contributed by atoms with E-state index in [9.17, 15) is 13.2 Å². The summed E-state index contributed by atoms with van der Waals surface area (Å²) < 4.78 is 27.2. The molecule has 0 atom stereocenters. The predicted octanol–water partition coefficient (Wildman–Crippen LogP) is 0.949. The van der Waals surface area contributed by atoms with Gasteiger partial charge in [0.05, 0.1) is 11.9 Å². The van der Waals surface area contributed by atoms with Crippen LogP contribution in [-0.4, -0.2) is 38.9 Å². The maximum absolute atomic E-state index is 10.9. The van der Waals surface area contributed by atoms with E-state index in [0.29, 0.717) is 31.7 Å². The first kappa shape index (κ1) is 12.6. The first-order valence-corrected chi connectivity index (χ1v) is 7.34. The van der Waals surface area contributed by atoms with Crippen molar-refractivity contribution in [1.29, 1.82) is 0 Å². The maximum atomic E-state index is 10.9. The summed E-state index contributed by atoms with van der Waals surface area (Å²) in [6, 6.07) is 0. The molecule has 0 spiro atoms. The lowest BCUT2D eigenvalue weighted by atomic mass is 9.96. The van der Waals surface area contributed by atoms with Crippen molar-refractivity contribution in [2.45, 2.75) is 38.2 Å². The van der Waals surface area contributed by atoms with Gasteiger partial charge in [0.1, 0.15) is 15.6 Å². The van der Waals surface area contributed by atoms with E-state index >= 15 is 0 Å². The monoisotopic (exact) mass is 234 g/mol. The van der Waals surface area contributed by atoms with E-state index in [2.05, 4.69) is 0 Å². The Labute approximate surface area is 90.9 Å². The number of Topliss-reactive ketones (excluding diaryl/α,β-unsaturated/α-hetero) is 1. The molecule has 0 saturated heterocycles.